The number of hydrogen-bond donors (Lipinski definition) is 1. The van der Waals surface area contributed by atoms with E-state index in [0.717, 1.165) is 36.8 Å². The zero-order valence-electron chi connectivity index (χ0n) is 12.3. The van der Waals surface area contributed by atoms with Gasteiger partial charge in [0, 0.05) is 0 Å². The van der Waals surface area contributed by atoms with Crippen LogP contribution >= 0.6 is 0 Å². The van der Waals surface area contributed by atoms with Crippen molar-refractivity contribution in [2.45, 2.75) is 52.4 Å². The molecule has 0 bridgehead atoms. The summed E-state index contributed by atoms with van der Waals surface area (Å²) in [6.45, 7) is 4.04. The number of carboxylic acid groups (broad SMARTS) is 1. The van der Waals surface area contributed by atoms with Gasteiger partial charge in [0.05, 0.1) is 5.41 Å². The van der Waals surface area contributed by atoms with Crippen LogP contribution in [0.1, 0.15) is 50.2 Å². The summed E-state index contributed by atoms with van der Waals surface area (Å²) in [6, 6.07) is 4.66. The molecule has 0 spiro atoms. The van der Waals surface area contributed by atoms with Gasteiger partial charge in [0.25, 0.3) is 0 Å². The van der Waals surface area contributed by atoms with Gasteiger partial charge < -0.3 is 5.11 Å². The van der Waals surface area contributed by atoms with Gasteiger partial charge in [-0.1, -0.05) is 32.3 Å². The predicted molar refractivity (Wildman–Crippen MR) is 77.2 cm³/mol. The second-order valence-electron chi connectivity index (χ2n) is 6.20. The van der Waals surface area contributed by atoms with E-state index in [1.54, 1.807) is 6.07 Å². The molecule has 3 heteroatoms. The van der Waals surface area contributed by atoms with Crippen molar-refractivity contribution in [3.05, 3.63) is 35.1 Å². The molecule has 0 saturated heterocycles. The first-order valence-electron chi connectivity index (χ1n) is 7.45. The standard InChI is InChI=1S/C17H23FO2/c1-3-13-5-4-8-17(10-13,16(19)20)11-14-9-15(18)7-6-12(14)2/h6-7,9,13H,3-5,8,10-11H2,1-2H3,(H,19,20). The molecule has 0 aromatic heterocycles. The van der Waals surface area contributed by atoms with Crippen LogP contribution in [0.2, 0.25) is 0 Å². The summed E-state index contributed by atoms with van der Waals surface area (Å²) in [7, 11) is 0. The summed E-state index contributed by atoms with van der Waals surface area (Å²) < 4.78 is 13.4. The molecule has 20 heavy (non-hydrogen) atoms. The van der Waals surface area contributed by atoms with Crippen LogP contribution in [-0.4, -0.2) is 11.1 Å². The van der Waals surface area contributed by atoms with Crippen molar-refractivity contribution in [2.75, 3.05) is 0 Å². The lowest BCUT2D eigenvalue weighted by atomic mass is 9.66. The van der Waals surface area contributed by atoms with Gasteiger partial charge in [0.15, 0.2) is 0 Å². The topological polar surface area (TPSA) is 37.3 Å². The Bertz CT molecular complexity index is 498. The van der Waals surface area contributed by atoms with Crippen LogP contribution in [0.3, 0.4) is 0 Å². The molecule has 1 fully saturated rings. The zero-order chi connectivity index (χ0) is 14.8. The molecule has 2 rings (SSSR count). The Labute approximate surface area is 120 Å². The van der Waals surface area contributed by atoms with E-state index >= 15 is 0 Å². The monoisotopic (exact) mass is 278 g/mol. The van der Waals surface area contributed by atoms with Crippen molar-refractivity contribution >= 4 is 5.97 Å². The molecular formula is C17H23FO2. The van der Waals surface area contributed by atoms with Crippen molar-refractivity contribution in [2.24, 2.45) is 11.3 Å². The minimum absolute atomic E-state index is 0.283. The Hall–Kier alpha value is -1.38. The van der Waals surface area contributed by atoms with E-state index in [4.69, 9.17) is 0 Å². The molecule has 0 radical (unpaired) electrons. The molecule has 2 unspecified atom stereocenters. The SMILES string of the molecule is CCC1CCCC(Cc2cc(F)ccc2C)(C(=O)O)C1. The molecule has 1 N–H and O–H groups in total. The lowest BCUT2D eigenvalue weighted by Crippen LogP contribution is -2.38. The van der Waals surface area contributed by atoms with Crippen molar-refractivity contribution in [1.82, 2.24) is 0 Å². The van der Waals surface area contributed by atoms with Crippen molar-refractivity contribution < 1.29 is 14.3 Å². The Balaban J connectivity index is 2.29. The lowest BCUT2D eigenvalue weighted by molar-refractivity contribution is -0.152. The second-order valence-corrected chi connectivity index (χ2v) is 6.20. The summed E-state index contributed by atoms with van der Waals surface area (Å²) in [6.07, 6.45) is 4.97. The molecule has 1 aromatic carbocycles. The van der Waals surface area contributed by atoms with E-state index in [2.05, 4.69) is 6.92 Å². The van der Waals surface area contributed by atoms with E-state index < -0.39 is 11.4 Å². The molecule has 1 aromatic rings. The Morgan fingerprint density at radius 1 is 1.50 bits per heavy atom. The third-order valence-electron chi connectivity index (χ3n) is 4.82. The van der Waals surface area contributed by atoms with Gasteiger partial charge in [-0.05, 0) is 55.4 Å². The van der Waals surface area contributed by atoms with Gasteiger partial charge in [0.1, 0.15) is 5.82 Å². The maximum Gasteiger partial charge on any atom is 0.309 e. The predicted octanol–water partition coefficient (Wildman–Crippen LogP) is 4.35. The first kappa shape index (κ1) is 15.0. The van der Waals surface area contributed by atoms with E-state index in [1.165, 1.54) is 12.1 Å². The number of aliphatic carboxylic acids is 1. The van der Waals surface area contributed by atoms with Gasteiger partial charge in [-0.15, -0.1) is 0 Å². The molecule has 1 aliphatic rings. The van der Waals surface area contributed by atoms with Crippen molar-refractivity contribution in [3.63, 3.8) is 0 Å². The minimum atomic E-state index is -0.723. The fourth-order valence-electron chi connectivity index (χ4n) is 3.46. The van der Waals surface area contributed by atoms with Gasteiger partial charge in [-0.2, -0.15) is 0 Å². The molecule has 2 atom stereocenters. The van der Waals surface area contributed by atoms with Crippen LogP contribution in [0.4, 0.5) is 4.39 Å². The Kier molecular flexibility index (Phi) is 4.46. The number of benzene rings is 1. The van der Waals surface area contributed by atoms with Gasteiger partial charge in [-0.25, -0.2) is 4.39 Å². The highest BCUT2D eigenvalue weighted by Crippen LogP contribution is 2.43. The number of hydrogen-bond acceptors (Lipinski definition) is 1. The zero-order valence-corrected chi connectivity index (χ0v) is 12.3. The van der Waals surface area contributed by atoms with Crippen LogP contribution in [-0.2, 0) is 11.2 Å². The molecule has 110 valence electrons. The summed E-state index contributed by atoms with van der Waals surface area (Å²) >= 11 is 0. The van der Waals surface area contributed by atoms with E-state index in [0.29, 0.717) is 18.8 Å². The second kappa shape index (κ2) is 5.94. The number of carbonyl (C=O) groups is 1. The number of halogens is 1. The van der Waals surface area contributed by atoms with Gasteiger partial charge in [-0.3, -0.25) is 4.79 Å². The molecule has 1 saturated carbocycles. The molecule has 2 nitrogen and oxygen atoms in total. The highest BCUT2D eigenvalue weighted by molar-refractivity contribution is 5.75. The summed E-state index contributed by atoms with van der Waals surface area (Å²) in [5, 5.41) is 9.73. The van der Waals surface area contributed by atoms with E-state index in [9.17, 15) is 14.3 Å². The third-order valence-corrected chi connectivity index (χ3v) is 4.82. The van der Waals surface area contributed by atoms with Crippen LogP contribution in [0.25, 0.3) is 0 Å². The Morgan fingerprint density at radius 2 is 2.25 bits per heavy atom. The lowest BCUT2D eigenvalue weighted by Gasteiger charge is -2.38. The maximum atomic E-state index is 13.4. The fourth-order valence-corrected chi connectivity index (χ4v) is 3.46. The molecule has 0 heterocycles. The number of rotatable bonds is 4. The summed E-state index contributed by atoms with van der Waals surface area (Å²) in [5.41, 5.74) is 1.10. The average Bonchev–Trinajstić information content (AvgIpc) is 2.43. The Morgan fingerprint density at radius 3 is 2.90 bits per heavy atom. The normalized spacial score (nSPS) is 26.4. The fraction of sp³-hybridized carbons (Fsp3) is 0.588. The quantitative estimate of drug-likeness (QED) is 0.889. The highest BCUT2D eigenvalue weighted by Gasteiger charge is 2.42. The third kappa shape index (κ3) is 3.02. The maximum absolute atomic E-state index is 13.4. The minimum Gasteiger partial charge on any atom is -0.481 e. The summed E-state index contributed by atoms with van der Waals surface area (Å²) in [4.78, 5) is 11.8. The first-order valence-corrected chi connectivity index (χ1v) is 7.45. The van der Waals surface area contributed by atoms with E-state index in [1.807, 2.05) is 6.92 Å². The molecule has 0 amide bonds. The van der Waals surface area contributed by atoms with Gasteiger partial charge in [0.2, 0.25) is 0 Å². The molecular weight excluding hydrogens is 255 g/mol. The van der Waals surface area contributed by atoms with Crippen molar-refractivity contribution in [1.29, 1.82) is 0 Å². The molecule has 0 aliphatic heterocycles. The molecule has 1 aliphatic carbocycles. The van der Waals surface area contributed by atoms with Crippen LogP contribution in [0.5, 0.6) is 0 Å². The van der Waals surface area contributed by atoms with E-state index in [-0.39, 0.29) is 5.82 Å². The highest BCUT2D eigenvalue weighted by atomic mass is 19.1. The largest absolute Gasteiger partial charge is 0.481 e. The average molecular weight is 278 g/mol. The van der Waals surface area contributed by atoms with Crippen LogP contribution in [0.15, 0.2) is 18.2 Å². The van der Waals surface area contributed by atoms with Crippen LogP contribution in [0, 0.1) is 24.1 Å². The number of carboxylic acids is 1. The summed E-state index contributed by atoms with van der Waals surface area (Å²) in [5.74, 6) is -0.526. The van der Waals surface area contributed by atoms with Gasteiger partial charge >= 0.3 is 5.97 Å². The first-order chi connectivity index (χ1) is 9.47. The van der Waals surface area contributed by atoms with Crippen molar-refractivity contribution in [3.8, 4) is 0 Å². The number of aryl methyl sites for hydroxylation is 1. The van der Waals surface area contributed by atoms with Crippen LogP contribution < -0.4 is 0 Å². The smallest absolute Gasteiger partial charge is 0.309 e.